The van der Waals surface area contributed by atoms with Crippen LogP contribution < -0.4 is 0 Å². The van der Waals surface area contributed by atoms with Gasteiger partial charge in [0.05, 0.1) is 12.0 Å². The van der Waals surface area contributed by atoms with Crippen molar-refractivity contribution in [2.24, 2.45) is 5.92 Å². The number of hydrogen-bond donors (Lipinski definition) is 2. The maximum Gasteiger partial charge on any atom is 0.309 e. The molecule has 0 fully saturated rings. The Morgan fingerprint density at radius 3 is 1.35 bits per heavy atom. The second-order valence-electron chi connectivity index (χ2n) is 9.00. The van der Waals surface area contributed by atoms with Crippen molar-refractivity contribution in [2.45, 2.75) is 136 Å². The standard InChI is InChI=1S/C25H46O6/c1-21(2)31-25(30)22(19-20-24(28)29)17-15-13-11-9-7-5-3-4-6-8-10-12-14-16-18-23(26)27/h21-22H,3-20H2,1-2H3,(H,26,27)(H,28,29). The Morgan fingerprint density at radius 1 is 0.581 bits per heavy atom. The summed E-state index contributed by atoms with van der Waals surface area (Å²) in [5, 5.41) is 17.5. The molecular formula is C25H46O6. The first kappa shape index (κ1) is 29.4. The zero-order chi connectivity index (χ0) is 23.3. The topological polar surface area (TPSA) is 101 Å². The van der Waals surface area contributed by atoms with Crippen molar-refractivity contribution in [3.8, 4) is 0 Å². The molecule has 1 unspecified atom stereocenters. The number of esters is 1. The van der Waals surface area contributed by atoms with Gasteiger partial charge in [-0.15, -0.1) is 0 Å². The van der Waals surface area contributed by atoms with E-state index in [1.165, 1.54) is 57.8 Å². The average molecular weight is 443 g/mol. The fourth-order valence-corrected chi connectivity index (χ4v) is 3.79. The van der Waals surface area contributed by atoms with Gasteiger partial charge in [-0.1, -0.05) is 83.5 Å². The van der Waals surface area contributed by atoms with Gasteiger partial charge in [0.25, 0.3) is 0 Å². The van der Waals surface area contributed by atoms with E-state index in [9.17, 15) is 14.4 Å². The molecule has 0 saturated carbocycles. The van der Waals surface area contributed by atoms with E-state index in [-0.39, 0.29) is 24.4 Å². The number of unbranched alkanes of at least 4 members (excludes halogenated alkanes) is 13. The number of ether oxygens (including phenoxy) is 1. The zero-order valence-electron chi connectivity index (χ0n) is 19.9. The molecule has 0 amide bonds. The molecule has 0 radical (unpaired) electrons. The average Bonchev–Trinajstić information content (AvgIpc) is 2.68. The van der Waals surface area contributed by atoms with Gasteiger partial charge in [0, 0.05) is 12.8 Å². The van der Waals surface area contributed by atoms with Gasteiger partial charge >= 0.3 is 17.9 Å². The highest BCUT2D eigenvalue weighted by atomic mass is 16.5. The Balaban J connectivity index is 3.55. The third-order valence-electron chi connectivity index (χ3n) is 5.59. The molecule has 6 heteroatoms. The van der Waals surface area contributed by atoms with E-state index in [2.05, 4.69) is 0 Å². The minimum Gasteiger partial charge on any atom is -0.481 e. The molecule has 0 aromatic carbocycles. The molecule has 0 aliphatic carbocycles. The molecule has 0 aromatic rings. The van der Waals surface area contributed by atoms with Crippen molar-refractivity contribution in [2.75, 3.05) is 0 Å². The highest BCUT2D eigenvalue weighted by Crippen LogP contribution is 2.20. The monoisotopic (exact) mass is 442 g/mol. The van der Waals surface area contributed by atoms with Gasteiger partial charge in [-0.25, -0.2) is 0 Å². The SMILES string of the molecule is CC(C)OC(=O)C(CCCCCCCCCCCCCCCCC(=O)O)CCC(=O)O. The van der Waals surface area contributed by atoms with E-state index in [1.807, 2.05) is 13.8 Å². The summed E-state index contributed by atoms with van der Waals surface area (Å²) in [6.45, 7) is 3.63. The Bertz CT molecular complexity index is 475. The summed E-state index contributed by atoms with van der Waals surface area (Å²) in [7, 11) is 0. The van der Waals surface area contributed by atoms with E-state index in [0.29, 0.717) is 12.8 Å². The van der Waals surface area contributed by atoms with Crippen molar-refractivity contribution in [3.63, 3.8) is 0 Å². The lowest BCUT2D eigenvalue weighted by molar-refractivity contribution is -0.153. The Kier molecular flexibility index (Phi) is 19.3. The van der Waals surface area contributed by atoms with Crippen molar-refractivity contribution in [1.29, 1.82) is 0 Å². The third kappa shape index (κ3) is 21.4. The molecule has 0 rings (SSSR count). The number of aliphatic carboxylic acids is 2. The van der Waals surface area contributed by atoms with Gasteiger partial charge in [-0.05, 0) is 33.1 Å². The molecule has 31 heavy (non-hydrogen) atoms. The van der Waals surface area contributed by atoms with Gasteiger partial charge < -0.3 is 14.9 Å². The quantitative estimate of drug-likeness (QED) is 0.142. The molecule has 0 heterocycles. The fraction of sp³-hybridized carbons (Fsp3) is 0.880. The first-order chi connectivity index (χ1) is 14.8. The summed E-state index contributed by atoms with van der Waals surface area (Å²) in [6, 6.07) is 0. The largest absolute Gasteiger partial charge is 0.481 e. The van der Waals surface area contributed by atoms with E-state index in [1.54, 1.807) is 0 Å². The van der Waals surface area contributed by atoms with E-state index in [4.69, 9.17) is 14.9 Å². The Labute approximate surface area is 189 Å². The van der Waals surface area contributed by atoms with Crippen LogP contribution in [-0.2, 0) is 19.1 Å². The number of carbonyl (C=O) groups is 3. The maximum absolute atomic E-state index is 12.1. The van der Waals surface area contributed by atoms with Crippen LogP contribution in [-0.4, -0.2) is 34.2 Å². The van der Waals surface area contributed by atoms with Gasteiger partial charge in [0.15, 0.2) is 0 Å². The Morgan fingerprint density at radius 2 is 0.968 bits per heavy atom. The van der Waals surface area contributed by atoms with Crippen LogP contribution in [0.4, 0.5) is 0 Å². The first-order valence-corrected chi connectivity index (χ1v) is 12.5. The molecule has 0 aliphatic rings. The second kappa shape index (κ2) is 20.3. The van der Waals surface area contributed by atoms with E-state index >= 15 is 0 Å². The van der Waals surface area contributed by atoms with Crippen LogP contribution >= 0.6 is 0 Å². The van der Waals surface area contributed by atoms with Crippen molar-refractivity contribution >= 4 is 17.9 Å². The maximum atomic E-state index is 12.1. The predicted octanol–water partition coefficient (Wildman–Crippen LogP) is 6.75. The van der Waals surface area contributed by atoms with Gasteiger partial charge in [-0.3, -0.25) is 14.4 Å². The fourth-order valence-electron chi connectivity index (χ4n) is 3.79. The highest BCUT2D eigenvalue weighted by Gasteiger charge is 2.21. The molecule has 182 valence electrons. The van der Waals surface area contributed by atoms with Gasteiger partial charge in [-0.2, -0.15) is 0 Å². The lowest BCUT2D eigenvalue weighted by atomic mass is 9.95. The van der Waals surface area contributed by atoms with Crippen LogP contribution in [0.2, 0.25) is 0 Å². The molecule has 0 aliphatic heterocycles. The molecule has 2 N–H and O–H groups in total. The number of hydrogen-bond acceptors (Lipinski definition) is 4. The minimum atomic E-state index is -0.863. The Hall–Kier alpha value is -1.59. The lowest BCUT2D eigenvalue weighted by Crippen LogP contribution is -2.22. The lowest BCUT2D eigenvalue weighted by Gasteiger charge is -2.17. The molecule has 0 bridgehead atoms. The smallest absolute Gasteiger partial charge is 0.309 e. The van der Waals surface area contributed by atoms with Gasteiger partial charge in [0.2, 0.25) is 0 Å². The third-order valence-corrected chi connectivity index (χ3v) is 5.59. The molecule has 0 aromatic heterocycles. The minimum absolute atomic E-state index is 0.0165. The van der Waals surface area contributed by atoms with E-state index < -0.39 is 11.9 Å². The zero-order valence-corrected chi connectivity index (χ0v) is 19.9. The van der Waals surface area contributed by atoms with Crippen LogP contribution in [0.1, 0.15) is 129 Å². The van der Waals surface area contributed by atoms with Gasteiger partial charge in [0.1, 0.15) is 0 Å². The summed E-state index contributed by atoms with van der Waals surface area (Å²) < 4.78 is 5.27. The molecule has 0 saturated heterocycles. The van der Waals surface area contributed by atoms with Crippen LogP contribution in [0.15, 0.2) is 0 Å². The molecule has 1 atom stereocenters. The number of carboxylic acid groups (broad SMARTS) is 2. The van der Waals surface area contributed by atoms with Crippen LogP contribution in [0.25, 0.3) is 0 Å². The number of carboxylic acids is 2. The summed E-state index contributed by atoms with van der Waals surface area (Å²) in [5.41, 5.74) is 0. The van der Waals surface area contributed by atoms with Crippen LogP contribution in [0, 0.1) is 5.92 Å². The van der Waals surface area contributed by atoms with Crippen molar-refractivity contribution in [1.82, 2.24) is 0 Å². The van der Waals surface area contributed by atoms with Crippen molar-refractivity contribution < 1.29 is 29.3 Å². The summed E-state index contributed by atoms with van der Waals surface area (Å²) >= 11 is 0. The number of rotatable bonds is 22. The van der Waals surface area contributed by atoms with Crippen molar-refractivity contribution in [3.05, 3.63) is 0 Å². The summed E-state index contributed by atoms with van der Waals surface area (Å²) in [5.74, 6) is -2.10. The normalized spacial score (nSPS) is 12.1. The van der Waals surface area contributed by atoms with E-state index in [0.717, 1.165) is 38.5 Å². The predicted molar refractivity (Wildman–Crippen MR) is 123 cm³/mol. The second-order valence-corrected chi connectivity index (χ2v) is 9.00. The molecular weight excluding hydrogens is 396 g/mol. The molecule has 6 nitrogen and oxygen atoms in total. The van der Waals surface area contributed by atoms with Crippen LogP contribution in [0.5, 0.6) is 0 Å². The summed E-state index contributed by atoms with van der Waals surface area (Å²) in [6.07, 6.45) is 17.5. The molecule has 0 spiro atoms. The van der Waals surface area contributed by atoms with Crippen LogP contribution in [0.3, 0.4) is 0 Å². The first-order valence-electron chi connectivity index (χ1n) is 12.5. The highest BCUT2D eigenvalue weighted by molar-refractivity contribution is 5.74. The number of carbonyl (C=O) groups excluding carboxylic acids is 1. The summed E-state index contributed by atoms with van der Waals surface area (Å²) in [4.78, 5) is 33.4.